The lowest BCUT2D eigenvalue weighted by Gasteiger charge is -2.56. The minimum absolute atomic E-state index is 0.161. The highest BCUT2D eigenvalue weighted by atomic mass is 16.8. The number of hydrogen-bond acceptors (Lipinski definition) is 6. The molecule has 29 heavy (non-hydrogen) atoms. The molecule has 6 nitrogen and oxygen atoms in total. The van der Waals surface area contributed by atoms with Crippen LogP contribution in [0.25, 0.3) is 0 Å². The van der Waals surface area contributed by atoms with E-state index in [0.29, 0.717) is 19.6 Å². The van der Waals surface area contributed by atoms with E-state index in [-0.39, 0.29) is 33.2 Å². The maximum Gasteiger partial charge on any atom is 0.640 e. The van der Waals surface area contributed by atoms with E-state index >= 15 is 0 Å². The minimum Gasteiger partial charge on any atom is -0.386 e. The molecule has 8 heteroatoms. The van der Waals surface area contributed by atoms with Crippen molar-refractivity contribution in [3.05, 3.63) is 0 Å². The van der Waals surface area contributed by atoms with E-state index < -0.39 is 14.6 Å². The lowest BCUT2D eigenvalue weighted by atomic mass is 9.64. The molecule has 168 valence electrons. The number of rotatable bonds is 6. The van der Waals surface area contributed by atoms with Crippen molar-refractivity contribution in [2.45, 2.75) is 112 Å². The summed E-state index contributed by atoms with van der Waals surface area (Å²) in [6.45, 7) is 26.2. The third kappa shape index (κ3) is 4.58. The Morgan fingerprint density at radius 1 is 0.483 bits per heavy atom. The van der Waals surface area contributed by atoms with Gasteiger partial charge in [-0.15, -0.1) is 0 Å². The first-order valence-electron chi connectivity index (χ1n) is 10.8. The molecule has 2 aliphatic heterocycles. The molecule has 2 saturated heterocycles. The van der Waals surface area contributed by atoms with Crippen LogP contribution >= 0.6 is 0 Å². The zero-order valence-corrected chi connectivity index (χ0v) is 20.7. The first-order valence-corrected chi connectivity index (χ1v) is 10.8. The van der Waals surface area contributed by atoms with Gasteiger partial charge in [-0.3, -0.25) is 0 Å². The van der Waals surface area contributed by atoms with Crippen molar-refractivity contribution in [1.29, 1.82) is 0 Å². The van der Waals surface area contributed by atoms with Crippen molar-refractivity contribution in [2.75, 3.05) is 13.2 Å². The molecule has 2 heterocycles. The Morgan fingerprint density at radius 2 is 0.724 bits per heavy atom. The first kappa shape index (κ1) is 25.2. The monoisotopic (exact) mass is 412 g/mol. The standard InChI is InChI=1S/C21H42B2O6/c1-16(2)18(5,6)26-22(27-19(16,7)8)24-14-13-15-25-23-28-20(9,10)17(3,4)21(11,12)29-23/h13-15H2,1-12H3. The van der Waals surface area contributed by atoms with Crippen LogP contribution < -0.4 is 0 Å². The minimum atomic E-state index is -0.686. The third-order valence-corrected chi connectivity index (χ3v) is 8.38. The molecule has 2 fully saturated rings. The Kier molecular flexibility index (Phi) is 6.75. The van der Waals surface area contributed by atoms with Crippen molar-refractivity contribution in [1.82, 2.24) is 0 Å². The van der Waals surface area contributed by atoms with Gasteiger partial charge in [0, 0.05) is 24.0 Å². The average molecular weight is 412 g/mol. The van der Waals surface area contributed by atoms with Crippen molar-refractivity contribution in [3.63, 3.8) is 0 Å². The first-order chi connectivity index (χ1) is 12.9. The summed E-state index contributed by atoms with van der Waals surface area (Å²) in [5.74, 6) is 0. The van der Waals surface area contributed by atoms with Crippen LogP contribution in [0.4, 0.5) is 0 Å². The summed E-state index contributed by atoms with van der Waals surface area (Å²) in [5, 5.41) is 0. The van der Waals surface area contributed by atoms with Crippen LogP contribution in [0.2, 0.25) is 0 Å². The smallest absolute Gasteiger partial charge is 0.386 e. The molecule has 0 atom stereocenters. The molecule has 0 spiro atoms. The second kappa shape index (κ2) is 7.79. The van der Waals surface area contributed by atoms with Crippen molar-refractivity contribution in [3.8, 4) is 0 Å². The van der Waals surface area contributed by atoms with Crippen LogP contribution in [0.1, 0.15) is 89.5 Å². The van der Waals surface area contributed by atoms with Gasteiger partial charge in [-0.05, 0) is 61.8 Å². The van der Waals surface area contributed by atoms with Crippen LogP contribution in [0.15, 0.2) is 0 Å². The quantitative estimate of drug-likeness (QED) is 0.468. The Hall–Kier alpha value is -0.110. The molecule has 0 aromatic heterocycles. The Balaban J connectivity index is 1.80. The molecular formula is C21H42B2O6. The van der Waals surface area contributed by atoms with Crippen LogP contribution in [-0.2, 0) is 27.9 Å². The zero-order valence-electron chi connectivity index (χ0n) is 20.7. The summed E-state index contributed by atoms with van der Waals surface area (Å²) in [6, 6.07) is 0. The molecule has 0 bridgehead atoms. The average Bonchev–Trinajstić information content (AvgIpc) is 2.49. The second-order valence-electron chi connectivity index (χ2n) is 11.4. The summed E-state index contributed by atoms with van der Waals surface area (Å²) >= 11 is 0. The van der Waals surface area contributed by atoms with E-state index in [1.165, 1.54) is 0 Å². The summed E-state index contributed by atoms with van der Waals surface area (Å²) in [6.07, 6.45) is 0.681. The lowest BCUT2D eigenvalue weighted by Crippen LogP contribution is -2.65. The molecule has 0 N–H and O–H groups in total. The summed E-state index contributed by atoms with van der Waals surface area (Å²) in [5.41, 5.74) is -1.81. The van der Waals surface area contributed by atoms with Gasteiger partial charge in [0.2, 0.25) is 0 Å². The van der Waals surface area contributed by atoms with E-state index in [1.54, 1.807) is 0 Å². The Morgan fingerprint density at radius 3 is 0.966 bits per heavy atom. The molecule has 0 aromatic carbocycles. The van der Waals surface area contributed by atoms with E-state index in [9.17, 15) is 0 Å². The van der Waals surface area contributed by atoms with Gasteiger partial charge in [0.15, 0.2) is 0 Å². The molecule has 2 rings (SSSR count). The highest BCUT2D eigenvalue weighted by molar-refractivity contribution is 6.37. The fourth-order valence-corrected chi connectivity index (χ4v) is 3.60. The largest absolute Gasteiger partial charge is 0.640 e. The Bertz CT molecular complexity index is 496. The summed E-state index contributed by atoms with van der Waals surface area (Å²) < 4.78 is 35.9. The van der Waals surface area contributed by atoms with E-state index in [4.69, 9.17) is 27.9 Å². The maximum atomic E-state index is 6.06. The fourth-order valence-electron chi connectivity index (χ4n) is 3.60. The van der Waals surface area contributed by atoms with Crippen LogP contribution in [0, 0.1) is 10.8 Å². The predicted molar refractivity (Wildman–Crippen MR) is 116 cm³/mol. The van der Waals surface area contributed by atoms with E-state index in [1.807, 2.05) is 0 Å². The van der Waals surface area contributed by atoms with Crippen molar-refractivity contribution < 1.29 is 27.9 Å². The predicted octanol–water partition coefficient (Wildman–Crippen LogP) is 4.64. The van der Waals surface area contributed by atoms with Gasteiger partial charge in [-0.2, -0.15) is 0 Å². The second-order valence-corrected chi connectivity index (χ2v) is 11.4. The van der Waals surface area contributed by atoms with Gasteiger partial charge in [-0.1, -0.05) is 27.7 Å². The van der Waals surface area contributed by atoms with Crippen LogP contribution in [0.5, 0.6) is 0 Å². The molecule has 0 aliphatic carbocycles. The normalized spacial score (nSPS) is 29.0. The van der Waals surface area contributed by atoms with Gasteiger partial charge in [-0.25, -0.2) is 0 Å². The highest BCUT2D eigenvalue weighted by Gasteiger charge is 2.59. The van der Waals surface area contributed by atoms with Gasteiger partial charge < -0.3 is 27.9 Å². The SMILES string of the molecule is CC1(C)OB(OCCCOB2OC(C)(C)C(C)(C)C(C)(C)O2)OC(C)(C)C1(C)C. The topological polar surface area (TPSA) is 55.4 Å². The molecule has 0 radical (unpaired) electrons. The van der Waals surface area contributed by atoms with Crippen molar-refractivity contribution >= 4 is 14.6 Å². The molecule has 0 amide bonds. The van der Waals surface area contributed by atoms with Gasteiger partial charge in [0.1, 0.15) is 0 Å². The van der Waals surface area contributed by atoms with Crippen LogP contribution in [0.3, 0.4) is 0 Å². The van der Waals surface area contributed by atoms with Gasteiger partial charge >= 0.3 is 14.6 Å². The van der Waals surface area contributed by atoms with Gasteiger partial charge in [0.05, 0.1) is 22.4 Å². The summed E-state index contributed by atoms with van der Waals surface area (Å²) in [4.78, 5) is 0. The summed E-state index contributed by atoms with van der Waals surface area (Å²) in [7, 11) is -1.37. The molecule has 0 unspecified atom stereocenters. The van der Waals surface area contributed by atoms with E-state index in [2.05, 4.69) is 83.1 Å². The van der Waals surface area contributed by atoms with Crippen molar-refractivity contribution in [2.24, 2.45) is 10.8 Å². The molecule has 0 aromatic rings. The van der Waals surface area contributed by atoms with Crippen LogP contribution in [-0.4, -0.2) is 50.3 Å². The fraction of sp³-hybridized carbons (Fsp3) is 1.00. The zero-order chi connectivity index (χ0) is 22.5. The molecule has 2 aliphatic rings. The number of hydrogen-bond donors (Lipinski definition) is 0. The van der Waals surface area contributed by atoms with Gasteiger partial charge in [0.25, 0.3) is 0 Å². The lowest BCUT2D eigenvalue weighted by molar-refractivity contribution is -0.204. The van der Waals surface area contributed by atoms with E-state index in [0.717, 1.165) is 0 Å². The molecule has 0 saturated carbocycles. The molecular weight excluding hydrogens is 370 g/mol. The maximum absolute atomic E-state index is 6.06. The Labute approximate surface area is 179 Å². The third-order valence-electron chi connectivity index (χ3n) is 8.38. The highest BCUT2D eigenvalue weighted by Crippen LogP contribution is 2.50.